The molecule has 0 aliphatic rings. The highest BCUT2D eigenvalue weighted by Crippen LogP contribution is 2.18. The van der Waals surface area contributed by atoms with Crippen LogP contribution >= 0.6 is 24.0 Å². The molecule has 6 nitrogen and oxygen atoms in total. The first-order chi connectivity index (χ1) is 12.7. The van der Waals surface area contributed by atoms with E-state index in [1.165, 1.54) is 0 Å². The smallest absolute Gasteiger partial charge is 0.214 e. The Kier molecular flexibility index (Phi) is 7.75. The Balaban J connectivity index is 0.00000261. The van der Waals surface area contributed by atoms with Crippen molar-refractivity contribution in [3.05, 3.63) is 84.2 Å². The Morgan fingerprint density at radius 1 is 0.963 bits per heavy atom. The molecule has 3 aromatic rings. The van der Waals surface area contributed by atoms with E-state index in [2.05, 4.69) is 20.5 Å². The predicted molar refractivity (Wildman–Crippen MR) is 119 cm³/mol. The number of nitrogens with one attached hydrogen (secondary N) is 1. The molecular weight excluding hydrogens is 453 g/mol. The summed E-state index contributed by atoms with van der Waals surface area (Å²) < 4.78 is 0. The molecule has 0 saturated carbocycles. The van der Waals surface area contributed by atoms with Crippen LogP contribution in [0.25, 0.3) is 11.1 Å². The second-order valence-electron chi connectivity index (χ2n) is 5.61. The van der Waals surface area contributed by atoms with E-state index < -0.39 is 0 Å². The Labute approximate surface area is 174 Å². The maximum atomic E-state index is 9.25. The van der Waals surface area contributed by atoms with Gasteiger partial charge in [-0.15, -0.1) is 29.1 Å². The molecule has 0 spiro atoms. The second kappa shape index (κ2) is 10.3. The summed E-state index contributed by atoms with van der Waals surface area (Å²) in [5.41, 5.74) is 9.93. The number of aromatic hydroxyl groups is 1. The van der Waals surface area contributed by atoms with Crippen molar-refractivity contribution in [3.8, 4) is 16.9 Å². The summed E-state index contributed by atoms with van der Waals surface area (Å²) in [5.74, 6) is 0.456. The standard InChI is InChI=1S/C20H19N5O.HI/c21-20(23-13-15-3-7-19(26)8-4-15)25-24-14-16-1-5-17(6-2-16)18-9-11-22-12-10-18;/h1-12,14,26H,13H2,(H3,21,23,25);1H/b24-14+;. The van der Waals surface area contributed by atoms with Crippen molar-refractivity contribution in [1.29, 1.82) is 0 Å². The summed E-state index contributed by atoms with van der Waals surface area (Å²) in [6.07, 6.45) is 5.19. The highest BCUT2D eigenvalue weighted by molar-refractivity contribution is 14.0. The van der Waals surface area contributed by atoms with Crippen LogP contribution in [0.15, 0.2) is 83.3 Å². The minimum absolute atomic E-state index is 0. The second-order valence-corrected chi connectivity index (χ2v) is 5.61. The topological polar surface area (TPSA) is 95.9 Å². The number of benzene rings is 2. The molecule has 0 saturated heterocycles. The first-order valence-electron chi connectivity index (χ1n) is 8.09. The van der Waals surface area contributed by atoms with Gasteiger partial charge >= 0.3 is 0 Å². The molecule has 3 rings (SSSR count). The molecular formula is C20H20IN5O. The lowest BCUT2D eigenvalue weighted by molar-refractivity contribution is 0.475. The van der Waals surface area contributed by atoms with Crippen molar-refractivity contribution in [2.75, 3.05) is 0 Å². The van der Waals surface area contributed by atoms with Gasteiger partial charge in [-0.25, -0.2) is 0 Å². The van der Waals surface area contributed by atoms with Crippen LogP contribution in [-0.4, -0.2) is 22.3 Å². The van der Waals surface area contributed by atoms with Gasteiger partial charge in [0.25, 0.3) is 0 Å². The zero-order valence-electron chi connectivity index (χ0n) is 14.5. The van der Waals surface area contributed by atoms with E-state index in [4.69, 9.17) is 5.73 Å². The minimum Gasteiger partial charge on any atom is -0.508 e. The first-order valence-corrected chi connectivity index (χ1v) is 8.09. The molecule has 1 heterocycles. The van der Waals surface area contributed by atoms with Crippen molar-refractivity contribution in [1.82, 2.24) is 10.3 Å². The molecule has 27 heavy (non-hydrogen) atoms. The van der Waals surface area contributed by atoms with Crippen LogP contribution in [0.4, 0.5) is 0 Å². The molecule has 4 N–H and O–H groups in total. The van der Waals surface area contributed by atoms with Gasteiger partial charge in [0.15, 0.2) is 0 Å². The van der Waals surface area contributed by atoms with Gasteiger partial charge in [0, 0.05) is 18.9 Å². The highest BCUT2D eigenvalue weighted by Gasteiger charge is 1.97. The lowest BCUT2D eigenvalue weighted by Crippen LogP contribution is -2.30. The number of halogens is 1. The molecule has 0 unspecified atom stereocenters. The van der Waals surface area contributed by atoms with Gasteiger partial charge in [0.1, 0.15) is 5.75 Å². The van der Waals surface area contributed by atoms with Gasteiger partial charge in [-0.3, -0.25) is 4.98 Å². The monoisotopic (exact) mass is 473 g/mol. The fourth-order valence-corrected chi connectivity index (χ4v) is 2.31. The average molecular weight is 473 g/mol. The SMILES string of the molecule is I.N/C(=N\N=C\c1ccc(-c2ccncc2)cc1)NCc1ccc(O)cc1. The Morgan fingerprint density at radius 2 is 1.59 bits per heavy atom. The fraction of sp³-hybridized carbons (Fsp3) is 0.0500. The number of nitrogens with two attached hydrogens (primary N) is 1. The zero-order valence-corrected chi connectivity index (χ0v) is 16.8. The minimum atomic E-state index is 0. The number of rotatable bonds is 5. The van der Waals surface area contributed by atoms with Crippen LogP contribution in [-0.2, 0) is 6.54 Å². The molecule has 0 bridgehead atoms. The van der Waals surface area contributed by atoms with Crippen molar-refractivity contribution < 1.29 is 5.11 Å². The van der Waals surface area contributed by atoms with E-state index in [0.29, 0.717) is 6.54 Å². The van der Waals surface area contributed by atoms with Crippen molar-refractivity contribution in [2.45, 2.75) is 6.54 Å². The third-order valence-corrected chi connectivity index (χ3v) is 3.71. The normalized spacial score (nSPS) is 11.2. The number of hydrogen-bond acceptors (Lipinski definition) is 4. The van der Waals surface area contributed by atoms with Gasteiger partial charge in [-0.05, 0) is 46.5 Å². The van der Waals surface area contributed by atoms with Crippen molar-refractivity contribution in [2.24, 2.45) is 15.9 Å². The number of guanidine groups is 1. The largest absolute Gasteiger partial charge is 0.508 e. The van der Waals surface area contributed by atoms with E-state index in [9.17, 15) is 5.11 Å². The van der Waals surface area contributed by atoms with E-state index in [1.54, 1.807) is 30.7 Å². The van der Waals surface area contributed by atoms with Gasteiger partial charge in [0.05, 0.1) is 6.21 Å². The summed E-state index contributed by atoms with van der Waals surface area (Å²) in [6, 6.07) is 18.8. The van der Waals surface area contributed by atoms with Crippen LogP contribution in [0.5, 0.6) is 5.75 Å². The summed E-state index contributed by atoms with van der Waals surface area (Å²) in [5, 5.41) is 20.1. The molecule has 1 aromatic heterocycles. The number of nitrogens with zero attached hydrogens (tertiary/aromatic N) is 3. The van der Waals surface area contributed by atoms with Crippen molar-refractivity contribution >= 4 is 36.2 Å². The lowest BCUT2D eigenvalue weighted by Gasteiger charge is -2.04. The van der Waals surface area contributed by atoms with Crippen LogP contribution in [0.2, 0.25) is 0 Å². The number of hydrogen-bond donors (Lipinski definition) is 3. The van der Waals surface area contributed by atoms with Crippen LogP contribution in [0.3, 0.4) is 0 Å². The molecule has 0 amide bonds. The predicted octanol–water partition coefficient (Wildman–Crippen LogP) is 3.51. The van der Waals surface area contributed by atoms with Gasteiger partial charge < -0.3 is 16.2 Å². The van der Waals surface area contributed by atoms with E-state index in [-0.39, 0.29) is 35.7 Å². The molecule has 0 aliphatic carbocycles. The zero-order chi connectivity index (χ0) is 18.2. The number of aromatic nitrogens is 1. The molecule has 0 fully saturated rings. The molecule has 0 aliphatic heterocycles. The number of phenolic OH excluding ortho intramolecular Hbond substituents is 1. The Morgan fingerprint density at radius 3 is 2.26 bits per heavy atom. The van der Waals surface area contributed by atoms with Crippen molar-refractivity contribution in [3.63, 3.8) is 0 Å². The van der Waals surface area contributed by atoms with Crippen LogP contribution in [0.1, 0.15) is 11.1 Å². The molecule has 138 valence electrons. The van der Waals surface area contributed by atoms with Gasteiger partial charge in [-0.2, -0.15) is 5.10 Å². The Bertz CT molecular complexity index is 894. The molecule has 2 aromatic carbocycles. The van der Waals surface area contributed by atoms with Gasteiger partial charge in [-0.1, -0.05) is 36.4 Å². The number of phenols is 1. The maximum Gasteiger partial charge on any atom is 0.214 e. The summed E-state index contributed by atoms with van der Waals surface area (Å²) in [4.78, 5) is 4.02. The van der Waals surface area contributed by atoms with Crippen LogP contribution in [0, 0.1) is 0 Å². The quantitative estimate of drug-likeness (QED) is 0.229. The summed E-state index contributed by atoms with van der Waals surface area (Å²) in [6.45, 7) is 0.506. The number of pyridine rings is 1. The third-order valence-electron chi connectivity index (χ3n) is 3.71. The maximum absolute atomic E-state index is 9.25. The fourth-order valence-electron chi connectivity index (χ4n) is 2.31. The third kappa shape index (κ3) is 6.37. The molecule has 7 heteroatoms. The van der Waals surface area contributed by atoms with Crippen LogP contribution < -0.4 is 11.1 Å². The van der Waals surface area contributed by atoms with Gasteiger partial charge in [0.2, 0.25) is 5.96 Å². The Hall–Kier alpha value is -2.94. The van der Waals surface area contributed by atoms with E-state index in [1.807, 2.05) is 48.5 Å². The molecule has 0 atom stereocenters. The summed E-state index contributed by atoms with van der Waals surface area (Å²) in [7, 11) is 0. The summed E-state index contributed by atoms with van der Waals surface area (Å²) >= 11 is 0. The average Bonchev–Trinajstić information content (AvgIpc) is 2.69. The lowest BCUT2D eigenvalue weighted by atomic mass is 10.1. The van der Waals surface area contributed by atoms with E-state index >= 15 is 0 Å². The molecule has 0 radical (unpaired) electrons. The van der Waals surface area contributed by atoms with E-state index in [0.717, 1.165) is 22.3 Å². The highest BCUT2D eigenvalue weighted by atomic mass is 127. The first kappa shape index (κ1) is 20.4.